The number of thiophene rings is 1. The number of aliphatic hydroxyl groups excluding tert-OH is 1. The lowest BCUT2D eigenvalue weighted by Crippen LogP contribution is -2.37. The minimum absolute atomic E-state index is 0.0138. The summed E-state index contributed by atoms with van der Waals surface area (Å²) in [6.07, 6.45) is 1.64. The van der Waals surface area contributed by atoms with Gasteiger partial charge in [0.25, 0.3) is 5.91 Å². The monoisotopic (exact) mass is 298 g/mol. The van der Waals surface area contributed by atoms with E-state index in [1.807, 2.05) is 19.2 Å². The SMILES string of the molecule is CC(C)(CO)CCCNC(=O)CNC(=O)c1cccs1. The molecule has 0 atom stereocenters. The van der Waals surface area contributed by atoms with Crippen LogP contribution in [-0.4, -0.2) is 36.6 Å². The van der Waals surface area contributed by atoms with Gasteiger partial charge in [0, 0.05) is 13.2 Å². The number of aliphatic hydroxyl groups is 1. The van der Waals surface area contributed by atoms with Crippen molar-refractivity contribution in [1.82, 2.24) is 10.6 Å². The fraction of sp³-hybridized carbons (Fsp3) is 0.571. The molecule has 0 bridgehead atoms. The zero-order chi connectivity index (χ0) is 15.0. The number of amides is 2. The predicted octanol–water partition coefficient (Wildman–Crippen LogP) is 1.39. The maximum Gasteiger partial charge on any atom is 0.261 e. The van der Waals surface area contributed by atoms with Crippen molar-refractivity contribution in [2.45, 2.75) is 26.7 Å². The van der Waals surface area contributed by atoms with Gasteiger partial charge in [-0.25, -0.2) is 0 Å². The number of carbonyl (C=O) groups excluding carboxylic acids is 2. The van der Waals surface area contributed by atoms with Crippen LogP contribution in [0.3, 0.4) is 0 Å². The van der Waals surface area contributed by atoms with Gasteiger partial charge in [-0.3, -0.25) is 9.59 Å². The van der Waals surface area contributed by atoms with Gasteiger partial charge in [-0.2, -0.15) is 0 Å². The molecule has 0 saturated heterocycles. The molecule has 6 heteroatoms. The second kappa shape index (κ2) is 8.01. The molecule has 0 unspecified atom stereocenters. The van der Waals surface area contributed by atoms with Crippen LogP contribution in [0.15, 0.2) is 17.5 Å². The van der Waals surface area contributed by atoms with Crippen LogP contribution in [0.5, 0.6) is 0 Å². The molecule has 2 amide bonds. The Kier molecular flexibility index (Phi) is 6.67. The van der Waals surface area contributed by atoms with Gasteiger partial charge in [0.2, 0.25) is 5.91 Å². The predicted molar refractivity (Wildman–Crippen MR) is 79.8 cm³/mol. The van der Waals surface area contributed by atoms with Gasteiger partial charge in [0.15, 0.2) is 0 Å². The van der Waals surface area contributed by atoms with Gasteiger partial charge in [-0.15, -0.1) is 11.3 Å². The Labute approximate surface area is 123 Å². The number of hydrogen-bond acceptors (Lipinski definition) is 4. The Morgan fingerprint density at radius 1 is 1.35 bits per heavy atom. The van der Waals surface area contributed by atoms with E-state index in [9.17, 15) is 9.59 Å². The van der Waals surface area contributed by atoms with E-state index in [0.29, 0.717) is 11.4 Å². The number of hydrogen-bond donors (Lipinski definition) is 3. The van der Waals surface area contributed by atoms with E-state index in [2.05, 4.69) is 10.6 Å². The maximum absolute atomic E-state index is 11.6. The van der Waals surface area contributed by atoms with Crippen molar-refractivity contribution in [1.29, 1.82) is 0 Å². The maximum atomic E-state index is 11.6. The van der Waals surface area contributed by atoms with Gasteiger partial charge in [0.05, 0.1) is 11.4 Å². The standard InChI is InChI=1S/C14H22N2O3S/c1-14(2,10-17)6-4-7-15-12(18)9-16-13(19)11-5-3-8-20-11/h3,5,8,17H,4,6-7,9-10H2,1-2H3,(H,15,18)(H,16,19). The fourth-order valence-electron chi connectivity index (χ4n) is 1.59. The van der Waals surface area contributed by atoms with Crippen molar-refractivity contribution in [2.75, 3.05) is 19.7 Å². The van der Waals surface area contributed by atoms with Gasteiger partial charge >= 0.3 is 0 Å². The van der Waals surface area contributed by atoms with Crippen molar-refractivity contribution < 1.29 is 14.7 Å². The van der Waals surface area contributed by atoms with Crippen molar-refractivity contribution in [2.24, 2.45) is 5.41 Å². The first kappa shape index (κ1) is 16.7. The molecule has 1 aromatic rings. The fourth-order valence-corrected chi connectivity index (χ4v) is 2.23. The van der Waals surface area contributed by atoms with Crippen molar-refractivity contribution in [3.8, 4) is 0 Å². The summed E-state index contributed by atoms with van der Waals surface area (Å²) in [4.78, 5) is 23.7. The van der Waals surface area contributed by atoms with E-state index in [4.69, 9.17) is 5.11 Å². The molecule has 1 heterocycles. The number of rotatable bonds is 8. The minimum atomic E-state index is -0.225. The minimum Gasteiger partial charge on any atom is -0.396 e. The lowest BCUT2D eigenvalue weighted by molar-refractivity contribution is -0.120. The van der Waals surface area contributed by atoms with E-state index in [-0.39, 0.29) is 30.4 Å². The molecule has 20 heavy (non-hydrogen) atoms. The highest BCUT2D eigenvalue weighted by Crippen LogP contribution is 2.20. The molecular formula is C14H22N2O3S. The summed E-state index contributed by atoms with van der Waals surface area (Å²) in [5.41, 5.74) is -0.113. The molecule has 0 fully saturated rings. The van der Waals surface area contributed by atoms with E-state index < -0.39 is 0 Å². The van der Waals surface area contributed by atoms with Gasteiger partial charge in [-0.05, 0) is 29.7 Å². The normalized spacial score (nSPS) is 11.2. The summed E-state index contributed by atoms with van der Waals surface area (Å²) in [5, 5.41) is 16.2. The molecule has 0 radical (unpaired) electrons. The van der Waals surface area contributed by atoms with Crippen LogP contribution in [0.25, 0.3) is 0 Å². The van der Waals surface area contributed by atoms with Crippen LogP contribution in [0.4, 0.5) is 0 Å². The summed E-state index contributed by atoms with van der Waals surface area (Å²) in [6.45, 7) is 4.64. The highest BCUT2D eigenvalue weighted by Gasteiger charge is 2.15. The Morgan fingerprint density at radius 2 is 2.10 bits per heavy atom. The summed E-state index contributed by atoms with van der Waals surface area (Å²) in [6, 6.07) is 3.51. The molecule has 0 saturated carbocycles. The molecular weight excluding hydrogens is 276 g/mol. The molecule has 0 aliphatic carbocycles. The lowest BCUT2D eigenvalue weighted by atomic mass is 9.89. The molecule has 5 nitrogen and oxygen atoms in total. The smallest absolute Gasteiger partial charge is 0.261 e. The molecule has 0 aromatic carbocycles. The second-order valence-corrected chi connectivity index (χ2v) is 6.38. The Morgan fingerprint density at radius 3 is 2.70 bits per heavy atom. The van der Waals surface area contributed by atoms with Crippen LogP contribution in [0.1, 0.15) is 36.4 Å². The quantitative estimate of drug-likeness (QED) is 0.635. The summed E-state index contributed by atoms with van der Waals surface area (Å²) < 4.78 is 0. The first-order chi connectivity index (χ1) is 9.44. The molecule has 1 aromatic heterocycles. The second-order valence-electron chi connectivity index (χ2n) is 5.44. The summed E-state index contributed by atoms with van der Waals surface area (Å²) in [5.74, 6) is -0.423. The van der Waals surface area contributed by atoms with E-state index in [0.717, 1.165) is 12.8 Å². The topological polar surface area (TPSA) is 78.4 Å². The van der Waals surface area contributed by atoms with Crippen molar-refractivity contribution in [3.63, 3.8) is 0 Å². The van der Waals surface area contributed by atoms with Crippen LogP contribution in [-0.2, 0) is 4.79 Å². The van der Waals surface area contributed by atoms with Crippen molar-refractivity contribution >= 4 is 23.2 Å². The molecule has 0 aliphatic heterocycles. The number of carbonyl (C=O) groups is 2. The Bertz CT molecular complexity index is 430. The average Bonchev–Trinajstić information content (AvgIpc) is 2.95. The molecule has 1 rings (SSSR count). The van der Waals surface area contributed by atoms with E-state index >= 15 is 0 Å². The van der Waals surface area contributed by atoms with E-state index in [1.165, 1.54) is 11.3 Å². The third-order valence-corrected chi connectivity index (χ3v) is 3.80. The summed E-state index contributed by atoms with van der Waals surface area (Å²) >= 11 is 1.34. The third kappa shape index (κ3) is 6.16. The Hall–Kier alpha value is -1.40. The first-order valence-corrected chi connectivity index (χ1v) is 7.52. The van der Waals surface area contributed by atoms with Crippen molar-refractivity contribution in [3.05, 3.63) is 22.4 Å². The first-order valence-electron chi connectivity index (χ1n) is 6.64. The highest BCUT2D eigenvalue weighted by molar-refractivity contribution is 7.12. The Balaban J connectivity index is 2.13. The van der Waals surface area contributed by atoms with E-state index in [1.54, 1.807) is 12.1 Å². The average molecular weight is 298 g/mol. The molecule has 3 N–H and O–H groups in total. The third-order valence-electron chi connectivity index (χ3n) is 2.94. The van der Waals surface area contributed by atoms with Crippen LogP contribution in [0.2, 0.25) is 0 Å². The van der Waals surface area contributed by atoms with Gasteiger partial charge in [-0.1, -0.05) is 19.9 Å². The van der Waals surface area contributed by atoms with Crippen LogP contribution in [0, 0.1) is 5.41 Å². The van der Waals surface area contributed by atoms with Gasteiger partial charge < -0.3 is 15.7 Å². The number of nitrogens with one attached hydrogen (secondary N) is 2. The molecule has 0 aliphatic rings. The molecule has 112 valence electrons. The summed E-state index contributed by atoms with van der Waals surface area (Å²) in [7, 11) is 0. The molecule has 0 spiro atoms. The highest BCUT2D eigenvalue weighted by atomic mass is 32.1. The zero-order valence-corrected chi connectivity index (χ0v) is 12.8. The van der Waals surface area contributed by atoms with Gasteiger partial charge in [0.1, 0.15) is 0 Å². The van der Waals surface area contributed by atoms with Crippen LogP contribution >= 0.6 is 11.3 Å². The lowest BCUT2D eigenvalue weighted by Gasteiger charge is -2.21. The largest absolute Gasteiger partial charge is 0.396 e. The van der Waals surface area contributed by atoms with Crippen LogP contribution < -0.4 is 10.6 Å². The zero-order valence-electron chi connectivity index (χ0n) is 11.9.